The van der Waals surface area contributed by atoms with Gasteiger partial charge < -0.3 is 4.74 Å². The molecule has 1 heterocycles. The molecule has 1 aromatic heterocycles. The first-order chi connectivity index (χ1) is 14.0. The molecule has 2 N–H and O–H groups in total. The highest BCUT2D eigenvalue weighted by atomic mass is 35.5. The highest BCUT2D eigenvalue weighted by Gasteiger charge is 2.12. The molecule has 0 radical (unpaired) electrons. The summed E-state index contributed by atoms with van der Waals surface area (Å²) >= 11 is 6.92. The van der Waals surface area contributed by atoms with Crippen molar-refractivity contribution in [2.24, 2.45) is 5.10 Å². The monoisotopic (exact) mass is 429 g/mol. The molecule has 0 aliphatic heterocycles. The quantitative estimate of drug-likeness (QED) is 0.443. The van der Waals surface area contributed by atoms with Crippen LogP contribution in [0.5, 0.6) is 5.75 Å². The lowest BCUT2D eigenvalue weighted by Gasteiger charge is -2.02. The number of hydrogen-bond acceptors (Lipinski definition) is 7. The first kappa shape index (κ1) is 20.4. The Kier molecular flexibility index (Phi) is 6.88. The fourth-order valence-corrected chi connectivity index (χ4v) is 3.13. The van der Waals surface area contributed by atoms with Gasteiger partial charge >= 0.3 is 0 Å². The van der Waals surface area contributed by atoms with Gasteiger partial charge in [0.15, 0.2) is 0 Å². The summed E-state index contributed by atoms with van der Waals surface area (Å²) in [5.74, 6) is -0.0474. The Bertz CT molecular complexity index is 1040. The lowest BCUT2D eigenvalue weighted by Crippen LogP contribution is -2.19. The molecule has 2 amide bonds. The fraction of sp³-hybridized carbons (Fsp3) is 0.105. The molecule has 0 saturated heterocycles. The Balaban J connectivity index is 1.53. The average Bonchev–Trinajstić information content (AvgIpc) is 3.15. The van der Waals surface area contributed by atoms with E-state index in [1.54, 1.807) is 37.4 Å². The van der Waals surface area contributed by atoms with Crippen molar-refractivity contribution < 1.29 is 14.3 Å². The van der Waals surface area contributed by atoms with Crippen LogP contribution >= 0.6 is 22.9 Å². The smallest absolute Gasteiger partial charge is 0.257 e. The van der Waals surface area contributed by atoms with Crippen LogP contribution in [0.3, 0.4) is 0 Å². The summed E-state index contributed by atoms with van der Waals surface area (Å²) in [4.78, 5) is 24.2. The maximum Gasteiger partial charge on any atom is 0.257 e. The Morgan fingerprint density at radius 2 is 1.93 bits per heavy atom. The number of carbonyl (C=O) groups excluding carboxylic acids is 2. The molecule has 8 nitrogen and oxygen atoms in total. The van der Waals surface area contributed by atoms with Crippen LogP contribution in [0.2, 0.25) is 5.02 Å². The van der Waals surface area contributed by atoms with Crippen molar-refractivity contribution in [2.45, 2.75) is 6.42 Å². The van der Waals surface area contributed by atoms with Crippen LogP contribution in [0, 0.1) is 0 Å². The zero-order valence-corrected chi connectivity index (χ0v) is 16.8. The van der Waals surface area contributed by atoms with Crippen LogP contribution < -0.4 is 15.5 Å². The molecule has 0 aliphatic rings. The predicted octanol–water partition coefficient (Wildman–Crippen LogP) is 3.15. The van der Waals surface area contributed by atoms with E-state index in [0.717, 1.165) is 16.9 Å². The number of para-hydroxylation sites is 1. The number of ether oxygens (including phenoxy) is 1. The molecule has 0 saturated carbocycles. The van der Waals surface area contributed by atoms with Crippen LogP contribution in [0.15, 0.2) is 53.6 Å². The number of methoxy groups -OCH3 is 1. The Hall–Kier alpha value is -3.30. The first-order valence-corrected chi connectivity index (χ1v) is 9.59. The van der Waals surface area contributed by atoms with E-state index < -0.39 is 0 Å². The third kappa shape index (κ3) is 5.84. The van der Waals surface area contributed by atoms with Gasteiger partial charge in [0, 0.05) is 16.1 Å². The molecule has 0 fully saturated rings. The Morgan fingerprint density at radius 1 is 1.17 bits per heavy atom. The number of hydrogen-bond donors (Lipinski definition) is 2. The van der Waals surface area contributed by atoms with Crippen molar-refractivity contribution in [3.05, 3.63) is 69.7 Å². The Labute approximate surface area is 175 Å². The number of aromatic nitrogens is 2. The van der Waals surface area contributed by atoms with Crippen molar-refractivity contribution >= 4 is 46.1 Å². The minimum Gasteiger partial charge on any atom is -0.496 e. The first-order valence-electron chi connectivity index (χ1n) is 8.39. The van der Waals surface area contributed by atoms with E-state index in [4.69, 9.17) is 16.3 Å². The molecule has 0 atom stereocenters. The molecule has 0 aliphatic carbocycles. The SMILES string of the molecule is COc1ccccc1/C=N\NC(=O)Cc1nnc(NC(=O)c2ccc(Cl)cc2)s1. The van der Waals surface area contributed by atoms with E-state index in [0.29, 0.717) is 26.5 Å². The van der Waals surface area contributed by atoms with Crippen LogP contribution in [0.4, 0.5) is 5.13 Å². The number of nitrogens with zero attached hydrogens (tertiary/aromatic N) is 3. The van der Waals surface area contributed by atoms with Gasteiger partial charge in [-0.2, -0.15) is 5.10 Å². The van der Waals surface area contributed by atoms with Crippen LogP contribution in [0.1, 0.15) is 20.9 Å². The van der Waals surface area contributed by atoms with Crippen molar-refractivity contribution in [1.82, 2.24) is 15.6 Å². The molecule has 29 heavy (non-hydrogen) atoms. The van der Waals surface area contributed by atoms with Crippen molar-refractivity contribution in [2.75, 3.05) is 12.4 Å². The molecular weight excluding hydrogens is 414 g/mol. The number of rotatable bonds is 7. The van der Waals surface area contributed by atoms with E-state index in [1.807, 2.05) is 18.2 Å². The largest absolute Gasteiger partial charge is 0.496 e. The van der Waals surface area contributed by atoms with Crippen LogP contribution in [0.25, 0.3) is 0 Å². The van der Waals surface area contributed by atoms with Gasteiger partial charge in [0.1, 0.15) is 10.8 Å². The molecule has 0 unspecified atom stereocenters. The number of anilines is 1. The summed E-state index contributed by atoms with van der Waals surface area (Å²) < 4.78 is 5.21. The maximum absolute atomic E-state index is 12.2. The fourth-order valence-electron chi connectivity index (χ4n) is 2.27. The zero-order valence-electron chi connectivity index (χ0n) is 15.3. The van der Waals surface area contributed by atoms with E-state index in [1.165, 1.54) is 6.21 Å². The molecule has 148 valence electrons. The number of hydrazone groups is 1. The summed E-state index contributed by atoms with van der Waals surface area (Å²) in [7, 11) is 1.56. The summed E-state index contributed by atoms with van der Waals surface area (Å²) in [6, 6.07) is 13.7. The number of halogens is 1. The standard InChI is InChI=1S/C19H16ClN5O3S/c1-28-15-5-3-2-4-13(15)11-21-23-16(26)10-17-24-25-19(29-17)22-18(27)12-6-8-14(20)9-7-12/h2-9,11H,10H2,1H3,(H,23,26)(H,22,25,27)/b21-11-. The molecule has 3 aromatic rings. The van der Waals surface area contributed by atoms with E-state index in [2.05, 4.69) is 26.0 Å². The minimum atomic E-state index is -0.358. The number of carbonyl (C=O) groups is 2. The van der Waals surface area contributed by atoms with Crippen molar-refractivity contribution in [3.63, 3.8) is 0 Å². The maximum atomic E-state index is 12.2. The number of benzene rings is 2. The lowest BCUT2D eigenvalue weighted by atomic mass is 10.2. The normalized spacial score (nSPS) is 10.7. The molecule has 0 spiro atoms. The van der Waals surface area contributed by atoms with Gasteiger partial charge in [0.25, 0.3) is 5.91 Å². The van der Waals surface area contributed by atoms with Gasteiger partial charge in [-0.15, -0.1) is 10.2 Å². The van der Waals surface area contributed by atoms with Crippen LogP contribution in [-0.4, -0.2) is 35.3 Å². The second-order valence-electron chi connectivity index (χ2n) is 5.67. The summed E-state index contributed by atoms with van der Waals surface area (Å²) in [5, 5.41) is 15.6. The molecule has 2 aromatic carbocycles. The molecule has 0 bridgehead atoms. The number of nitrogens with one attached hydrogen (secondary N) is 2. The molecule has 3 rings (SSSR count). The zero-order chi connectivity index (χ0) is 20.6. The van der Waals surface area contributed by atoms with Crippen molar-refractivity contribution in [3.8, 4) is 5.75 Å². The average molecular weight is 430 g/mol. The van der Waals surface area contributed by atoms with E-state index >= 15 is 0 Å². The third-order valence-electron chi connectivity index (χ3n) is 3.64. The number of amides is 2. The second kappa shape index (κ2) is 9.76. The summed E-state index contributed by atoms with van der Waals surface area (Å²) in [6.45, 7) is 0. The van der Waals surface area contributed by atoms with Gasteiger partial charge in [-0.25, -0.2) is 5.43 Å². The molecule has 10 heteroatoms. The molecular formula is C19H16ClN5O3S. The second-order valence-corrected chi connectivity index (χ2v) is 7.17. The van der Waals surface area contributed by atoms with Gasteiger partial charge in [-0.05, 0) is 36.4 Å². The Morgan fingerprint density at radius 3 is 2.69 bits per heavy atom. The van der Waals surface area contributed by atoms with Gasteiger partial charge in [-0.3, -0.25) is 14.9 Å². The van der Waals surface area contributed by atoms with Gasteiger partial charge in [-0.1, -0.05) is 35.1 Å². The van der Waals surface area contributed by atoms with E-state index in [-0.39, 0.29) is 18.2 Å². The topological polar surface area (TPSA) is 106 Å². The predicted molar refractivity (Wildman–Crippen MR) is 112 cm³/mol. The third-order valence-corrected chi connectivity index (χ3v) is 4.73. The van der Waals surface area contributed by atoms with Crippen LogP contribution in [-0.2, 0) is 11.2 Å². The van der Waals surface area contributed by atoms with Gasteiger partial charge in [0.05, 0.1) is 19.7 Å². The lowest BCUT2D eigenvalue weighted by molar-refractivity contribution is -0.120. The summed E-state index contributed by atoms with van der Waals surface area (Å²) in [6.07, 6.45) is 1.48. The van der Waals surface area contributed by atoms with Gasteiger partial charge in [0.2, 0.25) is 11.0 Å². The summed E-state index contributed by atoms with van der Waals surface area (Å²) in [5.41, 5.74) is 3.60. The minimum absolute atomic E-state index is 0.0161. The highest BCUT2D eigenvalue weighted by molar-refractivity contribution is 7.15. The van der Waals surface area contributed by atoms with E-state index in [9.17, 15) is 9.59 Å². The highest BCUT2D eigenvalue weighted by Crippen LogP contribution is 2.18. The van der Waals surface area contributed by atoms with Crippen molar-refractivity contribution in [1.29, 1.82) is 0 Å².